The summed E-state index contributed by atoms with van der Waals surface area (Å²) in [5.74, 6) is -1.25. The summed E-state index contributed by atoms with van der Waals surface area (Å²) in [6.45, 7) is 3.76. The van der Waals surface area contributed by atoms with E-state index in [-0.39, 0.29) is 18.4 Å². The number of carbonyl (C=O) groups is 2. The van der Waals surface area contributed by atoms with Gasteiger partial charge >= 0.3 is 5.97 Å². The molecule has 0 aliphatic rings. The van der Waals surface area contributed by atoms with Crippen molar-refractivity contribution in [2.24, 2.45) is 0 Å². The molecule has 0 saturated heterocycles. The summed E-state index contributed by atoms with van der Waals surface area (Å²) >= 11 is 6.08. The molecule has 0 aliphatic carbocycles. The molecule has 0 bridgehead atoms. The fourth-order valence-electron chi connectivity index (χ4n) is 1.87. The number of halogens is 1. The number of hydrogen-bond acceptors (Lipinski definition) is 2. The average molecular weight is 284 g/mol. The van der Waals surface area contributed by atoms with Crippen molar-refractivity contribution in [1.82, 2.24) is 5.32 Å². The Labute approximate surface area is 117 Å². The summed E-state index contributed by atoms with van der Waals surface area (Å²) in [4.78, 5) is 22.8. The number of benzene rings is 1. The van der Waals surface area contributed by atoms with Crippen LogP contribution in [-0.4, -0.2) is 23.0 Å². The highest BCUT2D eigenvalue weighted by molar-refractivity contribution is 6.34. The molecule has 4 nitrogen and oxygen atoms in total. The van der Waals surface area contributed by atoms with E-state index in [4.69, 9.17) is 16.7 Å². The number of carboxylic acid groups (broad SMARTS) is 1. The Morgan fingerprint density at radius 3 is 2.68 bits per heavy atom. The highest BCUT2D eigenvalue weighted by atomic mass is 35.5. The summed E-state index contributed by atoms with van der Waals surface area (Å²) in [6, 6.07) is 4.84. The molecule has 0 aliphatic heterocycles. The molecule has 0 radical (unpaired) electrons. The van der Waals surface area contributed by atoms with Crippen LogP contribution < -0.4 is 5.32 Å². The van der Waals surface area contributed by atoms with Crippen LogP contribution in [0.5, 0.6) is 0 Å². The molecule has 0 fully saturated rings. The van der Waals surface area contributed by atoms with E-state index in [1.807, 2.05) is 19.9 Å². The monoisotopic (exact) mass is 283 g/mol. The van der Waals surface area contributed by atoms with Crippen molar-refractivity contribution < 1.29 is 14.7 Å². The lowest BCUT2D eigenvalue weighted by molar-refractivity contribution is -0.137. The van der Waals surface area contributed by atoms with E-state index >= 15 is 0 Å². The van der Waals surface area contributed by atoms with Crippen molar-refractivity contribution in [3.05, 3.63) is 34.3 Å². The van der Waals surface area contributed by atoms with Crippen molar-refractivity contribution >= 4 is 23.5 Å². The first kappa shape index (κ1) is 15.5. The maximum Gasteiger partial charge on any atom is 0.305 e. The predicted molar refractivity (Wildman–Crippen MR) is 74.6 cm³/mol. The van der Waals surface area contributed by atoms with Crippen LogP contribution in [0.15, 0.2) is 18.2 Å². The van der Waals surface area contributed by atoms with Crippen LogP contribution in [0.25, 0.3) is 0 Å². The third-order valence-corrected chi connectivity index (χ3v) is 3.33. The van der Waals surface area contributed by atoms with Gasteiger partial charge in [-0.1, -0.05) is 37.1 Å². The quantitative estimate of drug-likeness (QED) is 0.843. The summed E-state index contributed by atoms with van der Waals surface area (Å²) in [6.07, 6.45) is 1.35. The normalized spacial score (nSPS) is 11.9. The zero-order valence-corrected chi connectivity index (χ0v) is 11.8. The van der Waals surface area contributed by atoms with Gasteiger partial charge in [-0.05, 0) is 25.0 Å². The molecule has 2 N–H and O–H groups in total. The topological polar surface area (TPSA) is 66.4 Å². The minimum Gasteiger partial charge on any atom is -0.481 e. The highest BCUT2D eigenvalue weighted by Gasteiger charge is 2.18. The molecule has 104 valence electrons. The van der Waals surface area contributed by atoms with E-state index in [9.17, 15) is 9.59 Å². The van der Waals surface area contributed by atoms with Gasteiger partial charge in [-0.3, -0.25) is 9.59 Å². The van der Waals surface area contributed by atoms with Crippen molar-refractivity contribution in [3.8, 4) is 0 Å². The van der Waals surface area contributed by atoms with E-state index in [1.54, 1.807) is 12.1 Å². The Hall–Kier alpha value is -1.55. The number of carboxylic acids is 1. The van der Waals surface area contributed by atoms with Gasteiger partial charge in [0.15, 0.2) is 0 Å². The molecule has 5 heteroatoms. The van der Waals surface area contributed by atoms with Gasteiger partial charge in [0.1, 0.15) is 0 Å². The van der Waals surface area contributed by atoms with Gasteiger partial charge in [-0.15, -0.1) is 0 Å². The van der Waals surface area contributed by atoms with Crippen LogP contribution in [0.4, 0.5) is 0 Å². The van der Waals surface area contributed by atoms with Gasteiger partial charge in [0, 0.05) is 6.04 Å². The van der Waals surface area contributed by atoms with E-state index in [1.165, 1.54) is 0 Å². The number of aryl methyl sites for hydroxylation is 1. The molecule has 1 amide bonds. The molecule has 0 spiro atoms. The van der Waals surface area contributed by atoms with Crippen LogP contribution in [0.2, 0.25) is 5.02 Å². The zero-order valence-electron chi connectivity index (χ0n) is 11.1. The Morgan fingerprint density at radius 1 is 1.42 bits per heavy atom. The molecule has 1 aromatic rings. The fraction of sp³-hybridized carbons (Fsp3) is 0.429. The Balaban J connectivity index is 2.81. The molecule has 1 unspecified atom stereocenters. The third kappa shape index (κ3) is 4.56. The van der Waals surface area contributed by atoms with Gasteiger partial charge in [0.05, 0.1) is 17.0 Å². The maximum absolute atomic E-state index is 12.1. The van der Waals surface area contributed by atoms with E-state index in [2.05, 4.69) is 5.32 Å². The molecule has 1 atom stereocenters. The summed E-state index contributed by atoms with van der Waals surface area (Å²) in [7, 11) is 0. The molecule has 1 aromatic carbocycles. The number of amides is 1. The van der Waals surface area contributed by atoms with Crippen LogP contribution in [0.1, 0.15) is 42.1 Å². The first-order valence-corrected chi connectivity index (χ1v) is 6.61. The van der Waals surface area contributed by atoms with Gasteiger partial charge in [0.25, 0.3) is 5.91 Å². The van der Waals surface area contributed by atoms with Crippen LogP contribution >= 0.6 is 11.6 Å². The van der Waals surface area contributed by atoms with Crippen molar-refractivity contribution in [2.75, 3.05) is 0 Å². The van der Waals surface area contributed by atoms with Crippen LogP contribution in [0.3, 0.4) is 0 Å². The Kier molecular flexibility index (Phi) is 5.83. The van der Waals surface area contributed by atoms with E-state index < -0.39 is 5.97 Å². The molecule has 0 saturated carbocycles. The van der Waals surface area contributed by atoms with Gasteiger partial charge in [0.2, 0.25) is 0 Å². The number of rotatable bonds is 6. The number of aliphatic carboxylic acids is 1. The largest absolute Gasteiger partial charge is 0.481 e. The van der Waals surface area contributed by atoms with Crippen molar-refractivity contribution in [3.63, 3.8) is 0 Å². The molecular weight excluding hydrogens is 266 g/mol. The fourth-order valence-corrected chi connectivity index (χ4v) is 2.08. The standard InChI is InChI=1S/C14H18ClNO3/c1-3-5-10(8-12(17)18)16-14(19)11-7-4-6-9(2)13(11)15/h4,6-7,10H,3,5,8H2,1-2H3,(H,16,19)(H,17,18). The Morgan fingerprint density at radius 2 is 2.11 bits per heavy atom. The summed E-state index contributed by atoms with van der Waals surface area (Å²) in [5, 5.41) is 12.0. The van der Waals surface area contributed by atoms with Crippen LogP contribution in [-0.2, 0) is 4.79 Å². The summed E-state index contributed by atoms with van der Waals surface area (Å²) in [5.41, 5.74) is 1.20. The van der Waals surface area contributed by atoms with Crippen molar-refractivity contribution in [2.45, 2.75) is 39.2 Å². The minimum atomic E-state index is -0.922. The predicted octanol–water partition coefficient (Wildman–Crippen LogP) is 3.02. The lowest BCUT2D eigenvalue weighted by atomic mass is 10.1. The maximum atomic E-state index is 12.1. The first-order valence-electron chi connectivity index (χ1n) is 6.23. The van der Waals surface area contributed by atoms with Gasteiger partial charge < -0.3 is 10.4 Å². The lowest BCUT2D eigenvalue weighted by Crippen LogP contribution is -2.36. The van der Waals surface area contributed by atoms with Gasteiger partial charge in [-0.25, -0.2) is 0 Å². The molecule has 1 rings (SSSR count). The second-order valence-electron chi connectivity index (χ2n) is 4.49. The molecular formula is C14H18ClNO3. The molecule has 0 heterocycles. The summed E-state index contributed by atoms with van der Waals surface area (Å²) < 4.78 is 0. The smallest absolute Gasteiger partial charge is 0.305 e. The third-order valence-electron chi connectivity index (χ3n) is 2.83. The first-order chi connectivity index (χ1) is 8.95. The van der Waals surface area contributed by atoms with Crippen LogP contribution in [0, 0.1) is 6.92 Å². The Bertz CT molecular complexity index is 474. The van der Waals surface area contributed by atoms with E-state index in [0.717, 1.165) is 12.0 Å². The SMILES string of the molecule is CCCC(CC(=O)O)NC(=O)c1cccc(C)c1Cl. The molecule has 19 heavy (non-hydrogen) atoms. The minimum absolute atomic E-state index is 0.0803. The lowest BCUT2D eigenvalue weighted by Gasteiger charge is -2.17. The number of carbonyl (C=O) groups excluding carboxylic acids is 1. The number of hydrogen-bond donors (Lipinski definition) is 2. The average Bonchev–Trinajstić information content (AvgIpc) is 2.32. The second kappa shape index (κ2) is 7.14. The zero-order chi connectivity index (χ0) is 14.4. The van der Waals surface area contributed by atoms with Crippen molar-refractivity contribution in [1.29, 1.82) is 0 Å². The van der Waals surface area contributed by atoms with E-state index in [0.29, 0.717) is 17.0 Å². The molecule has 0 aromatic heterocycles. The van der Waals surface area contributed by atoms with Gasteiger partial charge in [-0.2, -0.15) is 0 Å². The number of nitrogens with one attached hydrogen (secondary N) is 1. The second-order valence-corrected chi connectivity index (χ2v) is 4.87. The highest BCUT2D eigenvalue weighted by Crippen LogP contribution is 2.20.